The van der Waals surface area contributed by atoms with Crippen LogP contribution in [0.25, 0.3) is 96.1 Å². The van der Waals surface area contributed by atoms with E-state index in [1.165, 1.54) is 22.3 Å². The Balaban J connectivity index is 0.000000213. The van der Waals surface area contributed by atoms with Crippen molar-refractivity contribution in [2.75, 3.05) is 0 Å². The molecular formula is C81H64Ir2N12Pt4-6. The number of imidazole rings is 4. The fraction of sp³-hybridized carbons (Fsp3) is 0.0370. The minimum atomic E-state index is 0. The molecule has 6 aromatic heterocycles. The van der Waals surface area contributed by atoms with E-state index in [4.69, 9.17) is 0 Å². The fourth-order valence-corrected chi connectivity index (χ4v) is 9.76. The van der Waals surface area contributed by atoms with Gasteiger partial charge in [0.05, 0.1) is 29.0 Å². The van der Waals surface area contributed by atoms with Crippen molar-refractivity contribution < 1.29 is 124 Å². The molecule has 0 atom stereocenters. The van der Waals surface area contributed by atoms with Crippen molar-refractivity contribution in [2.24, 2.45) is 21.1 Å². The third-order valence-electron chi connectivity index (χ3n) is 14.4. The molecule has 0 amide bonds. The van der Waals surface area contributed by atoms with Gasteiger partial charge < -0.3 is 18.3 Å². The molecule has 0 spiro atoms. The van der Waals surface area contributed by atoms with Gasteiger partial charge in [-0.2, -0.15) is 52.7 Å². The first kappa shape index (κ1) is 81.2. The van der Waals surface area contributed by atoms with Crippen LogP contribution in [0.3, 0.4) is 0 Å². The molecule has 0 aliphatic carbocycles. The monoisotopic (exact) mass is 2370 g/mol. The number of hydrogen-bond acceptors (Lipinski definition) is 6. The van der Waals surface area contributed by atoms with Gasteiger partial charge in [-0.1, -0.05) is 109 Å². The van der Waals surface area contributed by atoms with Gasteiger partial charge in [0.1, 0.15) is 0 Å². The molecule has 99 heavy (non-hydrogen) atoms. The SMILES string of the molecule is Cn1cc(-c2ccccc2)nc1-c1[c-]cccc1.Cn1ccnc1-c1[c-]ccc(-c2ccccc2)c1.Cn1ccnc1-c1[c-]cccc1.[Ir].[Ir].[Pt].[Pt].[Pt].[Pt].[c-]1ccc(-c2ccccc2)cc1-n1cccn1.[c-]1ccccc1-c1nccn1-c1ccccc1.[c-]1ccccc1-n1cccn1. The van der Waals surface area contributed by atoms with Crippen LogP contribution < -0.4 is 0 Å². The molecule has 0 unspecified atom stereocenters. The Hall–Kier alpha value is -8.49. The fourth-order valence-electron chi connectivity index (χ4n) is 9.76. The molecule has 0 aliphatic rings. The van der Waals surface area contributed by atoms with Crippen molar-refractivity contribution in [3.8, 4) is 96.1 Å². The van der Waals surface area contributed by atoms with Gasteiger partial charge in [0.2, 0.25) is 0 Å². The van der Waals surface area contributed by atoms with Crippen LogP contribution in [0.15, 0.2) is 335 Å². The van der Waals surface area contributed by atoms with Gasteiger partial charge in [-0.15, -0.1) is 161 Å². The van der Waals surface area contributed by atoms with Crippen LogP contribution in [0.4, 0.5) is 0 Å². The predicted molar refractivity (Wildman–Crippen MR) is 371 cm³/mol. The molecule has 16 aromatic rings. The van der Waals surface area contributed by atoms with E-state index in [-0.39, 0.29) is 124 Å². The van der Waals surface area contributed by atoms with Gasteiger partial charge >= 0.3 is 0 Å². The molecule has 18 heteroatoms. The molecule has 0 saturated heterocycles. The summed E-state index contributed by atoms with van der Waals surface area (Å²) in [5.41, 5.74) is 14.0. The largest absolute Gasteiger partial charge is 0.373 e. The minimum Gasteiger partial charge on any atom is -0.373 e. The average molecular weight is 2370 g/mol. The van der Waals surface area contributed by atoms with Crippen LogP contribution in [0, 0.1) is 36.4 Å². The molecule has 10 aromatic carbocycles. The Bertz CT molecular complexity index is 4700. The van der Waals surface area contributed by atoms with E-state index in [2.05, 4.69) is 144 Å². The Morgan fingerprint density at radius 3 is 1.17 bits per heavy atom. The van der Waals surface area contributed by atoms with Gasteiger partial charge in [-0.25, -0.2) is 0 Å². The van der Waals surface area contributed by atoms with Crippen LogP contribution in [0.5, 0.6) is 0 Å². The molecule has 16 rings (SSSR count). The molecule has 0 fully saturated rings. The Labute approximate surface area is 664 Å². The standard InChI is InChI=1S/2C16H13N2.2C15H11N2.C10H9N2.C9H7N2.2Ir.4Pt/c1-18-12-15(13-8-4-2-5-9-13)17-16(18)14-10-6-3-7-11-14;1-18-11-10-17-16(18)15-9-5-8-14(12-15)13-6-3-2-4-7-13;1-3-7-13(8-4-1)15-16-11-12-17(15)14-9-5-2-6-10-14;1-2-6-13(7-3-1)14-8-4-9-15(12-14)17-11-5-10-16-17;1-12-8-7-11-10(12)9-5-3-2-4-6-9;1-2-5-9(6-3-1)11-8-4-7-10-11;;;;;;/h2-10,12H,1H3;2-8,10-12H,1H3;1-7,9-12H;1-8,10-12H;2-5,7-8H,1H3;1-5,7-8H;;;;;;/q6*-1;;;;;;. The van der Waals surface area contributed by atoms with Crippen LogP contribution in [0.1, 0.15) is 0 Å². The maximum atomic E-state index is 4.68. The summed E-state index contributed by atoms with van der Waals surface area (Å²) in [6.07, 6.45) is 20.6. The summed E-state index contributed by atoms with van der Waals surface area (Å²) in [7, 11) is 5.98. The zero-order chi connectivity index (χ0) is 63.7. The summed E-state index contributed by atoms with van der Waals surface area (Å²) < 4.78 is 11.7. The third-order valence-corrected chi connectivity index (χ3v) is 14.4. The van der Waals surface area contributed by atoms with Crippen LogP contribution in [-0.2, 0) is 146 Å². The van der Waals surface area contributed by atoms with Crippen molar-refractivity contribution in [2.45, 2.75) is 0 Å². The molecule has 2 radical (unpaired) electrons. The summed E-state index contributed by atoms with van der Waals surface area (Å²) >= 11 is 0. The minimum absolute atomic E-state index is 0. The Morgan fingerprint density at radius 1 is 0.293 bits per heavy atom. The number of rotatable bonds is 10. The molecular weight excluding hydrogens is 2310 g/mol. The average Bonchev–Trinajstić information content (AvgIpc) is 1.73. The first-order valence-corrected chi connectivity index (χ1v) is 30.1. The second kappa shape index (κ2) is 43.1. The molecule has 0 N–H and O–H groups in total. The van der Waals surface area contributed by atoms with Gasteiger partial charge in [0, 0.05) is 225 Å². The van der Waals surface area contributed by atoms with E-state index < -0.39 is 0 Å². The van der Waals surface area contributed by atoms with Gasteiger partial charge in [0.25, 0.3) is 0 Å². The molecule has 0 aliphatic heterocycles. The van der Waals surface area contributed by atoms with Gasteiger partial charge in [-0.3, -0.25) is 29.3 Å². The van der Waals surface area contributed by atoms with Gasteiger partial charge in [0.15, 0.2) is 0 Å². The third kappa shape index (κ3) is 23.3. The molecule has 0 bridgehead atoms. The summed E-state index contributed by atoms with van der Waals surface area (Å²) in [5.74, 6) is 3.75. The number of aromatic nitrogens is 12. The van der Waals surface area contributed by atoms with Gasteiger partial charge in [-0.05, 0) is 46.8 Å². The second-order valence-electron chi connectivity index (χ2n) is 20.8. The molecule has 0 saturated carbocycles. The Kier molecular flexibility index (Phi) is 35.4. The number of aryl methyl sites for hydroxylation is 3. The maximum absolute atomic E-state index is 4.68. The normalized spacial score (nSPS) is 9.69. The number of para-hydroxylation sites is 2. The van der Waals surface area contributed by atoms with Crippen molar-refractivity contribution in [3.05, 3.63) is 371 Å². The molecule has 512 valence electrons. The molecule has 12 nitrogen and oxygen atoms in total. The van der Waals surface area contributed by atoms with E-state index in [1.807, 2.05) is 277 Å². The summed E-state index contributed by atoms with van der Waals surface area (Å²) in [4.78, 5) is 17.6. The maximum Gasteiger partial charge on any atom is 0.0768 e. The van der Waals surface area contributed by atoms with E-state index in [1.54, 1.807) is 29.5 Å². The van der Waals surface area contributed by atoms with Crippen molar-refractivity contribution in [1.29, 1.82) is 0 Å². The zero-order valence-corrected chi connectivity index (χ0v) is 67.4. The van der Waals surface area contributed by atoms with Crippen LogP contribution in [0.2, 0.25) is 0 Å². The van der Waals surface area contributed by atoms with Crippen LogP contribution in [-0.4, -0.2) is 57.8 Å². The van der Waals surface area contributed by atoms with E-state index in [0.29, 0.717) is 0 Å². The van der Waals surface area contributed by atoms with Crippen LogP contribution >= 0.6 is 0 Å². The first-order chi connectivity index (χ1) is 45.9. The predicted octanol–water partition coefficient (Wildman–Crippen LogP) is 17.3. The van der Waals surface area contributed by atoms with Crippen molar-refractivity contribution in [3.63, 3.8) is 0 Å². The van der Waals surface area contributed by atoms with E-state index in [9.17, 15) is 0 Å². The quantitative estimate of drug-likeness (QED) is 0.126. The summed E-state index contributed by atoms with van der Waals surface area (Å²) in [5, 5.41) is 8.28. The first-order valence-electron chi connectivity index (χ1n) is 30.1. The zero-order valence-electron chi connectivity index (χ0n) is 53.6. The number of nitrogens with zero attached hydrogens (tertiary/aromatic N) is 12. The second-order valence-corrected chi connectivity index (χ2v) is 20.8. The Morgan fingerprint density at radius 2 is 0.697 bits per heavy atom. The number of benzene rings is 10. The van der Waals surface area contributed by atoms with E-state index >= 15 is 0 Å². The molecule has 6 heterocycles. The number of hydrogen-bond donors (Lipinski definition) is 0. The summed E-state index contributed by atoms with van der Waals surface area (Å²) in [6.45, 7) is 0. The topological polar surface area (TPSA) is 107 Å². The van der Waals surface area contributed by atoms with Crippen molar-refractivity contribution in [1.82, 2.24) is 57.8 Å². The summed E-state index contributed by atoms with van der Waals surface area (Å²) in [6, 6.07) is 107. The van der Waals surface area contributed by atoms with E-state index in [0.717, 1.165) is 73.9 Å². The smallest absolute Gasteiger partial charge is 0.0768 e. The van der Waals surface area contributed by atoms with Crippen molar-refractivity contribution >= 4 is 0 Å².